The van der Waals surface area contributed by atoms with E-state index in [0.717, 1.165) is 11.1 Å². The number of rotatable bonds is 23. The molecular weight excluding hydrogens is 997 g/mol. The van der Waals surface area contributed by atoms with Crippen molar-refractivity contribution in [1.82, 2.24) is 0 Å². The molecule has 16 atom stereocenters. The standard InChI is InChI=1S/C29H40O9.C28H36O9.2CH4/c1-6-10-22-13-14-29(32-5)28(36-22)27(35-20(4)31)25-26(38-29)24(34-17-21-11-8-7-9-12-21)23(37-25)15-18(2)16-33-19(3)30;1-5-9-21-12-13-22(31)25(36-21)28(35-19(4)30)27-24(32)26(34-16-20-10-7-6-8-11-20)23(37-27)14-17(2)15-33-18(3)29;;/h6-9,11-12,18,22-28H,1,10,13-17H2,2-5H3;5-8,10-11,21,23-28,32H,1-2,9,12-16H2,3-4H3;2*1H4/t18-,22-,23-,24+,25-,26+,27+,28-,29?;21-,23-,24+,25+,26+,27-,28-;;/m11../s1. The SMILES string of the molecule is C.C.C=CC[C@@H]1CCC(=O)[C@@H]([C@@H](OC(C)=O)[C@@H]2O[C@H](CC(=C)COC(C)=O)[C@H](OCc3ccccc3)[C@@H]2O)O1.C=CC[C@@H]1CCC2(OC)O[C@@H]3[C@@H](O[C@H](C[C@@H](C)COC(C)=O)[C@@H]3OCc3ccccc3)[C@H](OC(C)=O)[C@H]2O1. The van der Waals surface area contributed by atoms with Gasteiger partial charge in [-0.1, -0.05) is 101 Å². The molecule has 428 valence electrons. The maximum atomic E-state index is 12.9. The third kappa shape index (κ3) is 17.7. The van der Waals surface area contributed by atoms with E-state index in [9.17, 15) is 29.1 Å². The second-order valence-corrected chi connectivity index (χ2v) is 19.9. The van der Waals surface area contributed by atoms with Gasteiger partial charge in [-0.3, -0.25) is 24.0 Å². The Labute approximate surface area is 455 Å². The van der Waals surface area contributed by atoms with Crippen molar-refractivity contribution in [3.8, 4) is 0 Å². The fourth-order valence-corrected chi connectivity index (χ4v) is 10.4. The van der Waals surface area contributed by atoms with E-state index in [2.05, 4.69) is 19.7 Å². The summed E-state index contributed by atoms with van der Waals surface area (Å²) in [4.78, 5) is 59.8. The second-order valence-electron chi connectivity index (χ2n) is 19.9. The van der Waals surface area contributed by atoms with Crippen LogP contribution in [0.3, 0.4) is 0 Å². The van der Waals surface area contributed by atoms with E-state index in [1.165, 1.54) is 27.7 Å². The molecule has 0 saturated carbocycles. The molecule has 0 radical (unpaired) electrons. The van der Waals surface area contributed by atoms with Gasteiger partial charge in [0.25, 0.3) is 0 Å². The van der Waals surface area contributed by atoms with E-state index < -0.39 is 96.9 Å². The van der Waals surface area contributed by atoms with Crippen LogP contribution in [-0.2, 0) is 94.0 Å². The molecule has 2 aromatic rings. The summed E-state index contributed by atoms with van der Waals surface area (Å²) < 4.78 is 72.1. The van der Waals surface area contributed by atoms with Gasteiger partial charge in [0.1, 0.15) is 43.2 Å². The van der Waals surface area contributed by atoms with Gasteiger partial charge >= 0.3 is 23.9 Å². The van der Waals surface area contributed by atoms with Crippen LogP contribution in [0.4, 0.5) is 0 Å². The number of methoxy groups -OCH3 is 1. The lowest BCUT2D eigenvalue weighted by atomic mass is 9.84. The minimum atomic E-state index is -1.24. The number of Topliss-reactive ketones (excluding diaryl/α,β-unsaturated/α-hetero) is 1. The summed E-state index contributed by atoms with van der Waals surface area (Å²) in [6, 6.07) is 19.3. The first-order valence-corrected chi connectivity index (χ1v) is 25.8. The van der Waals surface area contributed by atoms with E-state index in [1.54, 1.807) is 13.2 Å². The van der Waals surface area contributed by atoms with E-state index in [1.807, 2.05) is 73.7 Å². The van der Waals surface area contributed by atoms with Gasteiger partial charge in [0, 0.05) is 54.1 Å². The molecule has 18 heteroatoms. The molecule has 1 unspecified atom stereocenters. The summed E-state index contributed by atoms with van der Waals surface area (Å²) in [5.41, 5.74) is 2.47. The molecule has 18 nitrogen and oxygen atoms in total. The molecule has 7 rings (SSSR count). The van der Waals surface area contributed by atoms with Crippen LogP contribution in [0.1, 0.15) is 112 Å². The molecule has 77 heavy (non-hydrogen) atoms. The zero-order valence-corrected chi connectivity index (χ0v) is 44.1. The summed E-state index contributed by atoms with van der Waals surface area (Å²) in [6.45, 7) is 19.6. The van der Waals surface area contributed by atoms with Crippen molar-refractivity contribution >= 4 is 29.7 Å². The summed E-state index contributed by atoms with van der Waals surface area (Å²) in [6.07, 6.45) is -2.44. The van der Waals surface area contributed by atoms with Crippen molar-refractivity contribution < 1.29 is 85.9 Å². The Morgan fingerprint density at radius 3 is 1.91 bits per heavy atom. The largest absolute Gasteiger partial charge is 0.466 e. The predicted octanol–water partition coefficient (Wildman–Crippen LogP) is 7.83. The number of benzene rings is 2. The first-order chi connectivity index (χ1) is 35.9. The molecule has 0 amide bonds. The zero-order chi connectivity index (χ0) is 54.2. The normalized spacial score (nSPS) is 30.9. The molecule has 5 saturated heterocycles. The molecule has 0 bridgehead atoms. The molecular formula is C59H84O18. The minimum absolute atomic E-state index is 0. The quantitative estimate of drug-likeness (QED) is 0.0637. The van der Waals surface area contributed by atoms with Crippen molar-refractivity contribution in [2.75, 3.05) is 20.3 Å². The lowest BCUT2D eigenvalue weighted by molar-refractivity contribution is -0.382. The molecule has 0 spiro atoms. The number of carbonyl (C=O) groups is 5. The lowest BCUT2D eigenvalue weighted by Gasteiger charge is -2.53. The van der Waals surface area contributed by atoms with E-state index in [0.29, 0.717) is 50.7 Å². The van der Waals surface area contributed by atoms with Gasteiger partial charge in [-0.2, -0.15) is 0 Å². The Balaban J connectivity index is 0.000000324. The fourth-order valence-electron chi connectivity index (χ4n) is 10.4. The number of hydrogen-bond acceptors (Lipinski definition) is 18. The van der Waals surface area contributed by atoms with Gasteiger partial charge in [0.15, 0.2) is 36.0 Å². The van der Waals surface area contributed by atoms with Crippen LogP contribution < -0.4 is 0 Å². The van der Waals surface area contributed by atoms with Gasteiger partial charge in [0.2, 0.25) is 0 Å². The smallest absolute Gasteiger partial charge is 0.303 e. The molecule has 1 N–H and O–H groups in total. The van der Waals surface area contributed by atoms with Crippen LogP contribution in [0.5, 0.6) is 0 Å². The molecule has 5 aliphatic heterocycles. The highest BCUT2D eigenvalue weighted by atomic mass is 16.8. The molecule has 0 aliphatic carbocycles. The van der Waals surface area contributed by atoms with Crippen molar-refractivity contribution in [3.63, 3.8) is 0 Å². The van der Waals surface area contributed by atoms with Crippen LogP contribution >= 0.6 is 0 Å². The van der Waals surface area contributed by atoms with E-state index >= 15 is 0 Å². The van der Waals surface area contributed by atoms with E-state index in [-0.39, 0.29) is 77.4 Å². The van der Waals surface area contributed by atoms with Crippen LogP contribution in [0, 0.1) is 5.92 Å². The fraction of sp³-hybridized carbons (Fsp3) is 0.610. The number of aliphatic hydroxyl groups is 1. The van der Waals surface area contributed by atoms with Crippen LogP contribution in [0.25, 0.3) is 0 Å². The predicted molar refractivity (Wildman–Crippen MR) is 284 cm³/mol. The first-order valence-electron chi connectivity index (χ1n) is 25.8. The van der Waals surface area contributed by atoms with Gasteiger partial charge in [-0.15, -0.1) is 13.2 Å². The number of ether oxygens (including phenoxy) is 12. The summed E-state index contributed by atoms with van der Waals surface area (Å²) >= 11 is 0. The number of aliphatic hydroxyl groups excluding tert-OH is 1. The number of esters is 4. The maximum absolute atomic E-state index is 12.9. The Bertz CT molecular complexity index is 2220. The number of hydrogen-bond donors (Lipinski definition) is 1. The lowest BCUT2D eigenvalue weighted by Crippen LogP contribution is -2.69. The van der Waals surface area contributed by atoms with Gasteiger partial charge < -0.3 is 61.9 Å². The van der Waals surface area contributed by atoms with E-state index in [4.69, 9.17) is 56.8 Å². The van der Waals surface area contributed by atoms with Crippen molar-refractivity contribution in [2.24, 2.45) is 5.92 Å². The molecule has 2 aromatic carbocycles. The average molecular weight is 1080 g/mol. The number of fused-ring (bicyclic) bond motifs is 2. The average Bonchev–Trinajstić information content (AvgIpc) is 3.89. The minimum Gasteiger partial charge on any atom is -0.466 e. The number of ketones is 1. The third-order valence-corrected chi connectivity index (χ3v) is 13.8. The van der Waals surface area contributed by atoms with Crippen molar-refractivity contribution in [3.05, 3.63) is 109 Å². The van der Waals surface area contributed by atoms with Crippen LogP contribution in [0.2, 0.25) is 0 Å². The zero-order valence-electron chi connectivity index (χ0n) is 44.1. The molecule has 0 aromatic heterocycles. The Kier molecular flexibility index (Phi) is 25.8. The highest BCUT2D eigenvalue weighted by molar-refractivity contribution is 5.85. The van der Waals surface area contributed by atoms with Gasteiger partial charge in [-0.05, 0) is 54.7 Å². The van der Waals surface area contributed by atoms with Crippen molar-refractivity contribution in [1.29, 1.82) is 0 Å². The topological polar surface area (TPSA) is 216 Å². The highest BCUT2D eigenvalue weighted by Gasteiger charge is 2.65. The highest BCUT2D eigenvalue weighted by Crippen LogP contribution is 2.48. The Morgan fingerprint density at radius 1 is 0.753 bits per heavy atom. The summed E-state index contributed by atoms with van der Waals surface area (Å²) in [5.74, 6) is -3.18. The van der Waals surface area contributed by atoms with Gasteiger partial charge in [0.05, 0.1) is 44.2 Å². The molecule has 5 heterocycles. The Hall–Kier alpha value is -5.15. The maximum Gasteiger partial charge on any atom is 0.303 e. The number of carbonyl (C=O) groups excluding carboxylic acids is 5. The monoisotopic (exact) mass is 1080 g/mol. The first kappa shape index (κ1) is 64.4. The Morgan fingerprint density at radius 2 is 1.35 bits per heavy atom. The van der Waals surface area contributed by atoms with Crippen LogP contribution in [-0.4, -0.2) is 146 Å². The third-order valence-electron chi connectivity index (χ3n) is 13.8. The second kappa shape index (κ2) is 30.9. The summed E-state index contributed by atoms with van der Waals surface area (Å²) in [7, 11) is 1.59. The molecule has 5 aliphatic rings. The van der Waals surface area contributed by atoms with Crippen molar-refractivity contribution in [2.45, 2.75) is 205 Å². The molecule has 5 fully saturated rings. The van der Waals surface area contributed by atoms with Gasteiger partial charge in [-0.25, -0.2) is 0 Å². The van der Waals surface area contributed by atoms with Crippen LogP contribution in [0.15, 0.2) is 98.1 Å². The summed E-state index contributed by atoms with van der Waals surface area (Å²) in [5, 5.41) is 11.4.